The number of hydrogen-bond donors (Lipinski definition) is 0. The highest BCUT2D eigenvalue weighted by Crippen LogP contribution is 2.26. The molecule has 2 heteroatoms. The zero-order valence-corrected chi connectivity index (χ0v) is 10.8. The number of aromatic nitrogens is 1. The molecule has 0 aliphatic heterocycles. The molecule has 0 spiro atoms. The van der Waals surface area contributed by atoms with Crippen molar-refractivity contribution in [3.05, 3.63) is 66.2 Å². The maximum Gasteiger partial charge on any atom is 0.167 e. The van der Waals surface area contributed by atoms with Crippen molar-refractivity contribution in [3.8, 4) is 22.6 Å². The van der Waals surface area contributed by atoms with Crippen LogP contribution in [0.15, 0.2) is 65.2 Å². The summed E-state index contributed by atoms with van der Waals surface area (Å²) < 4.78 is 5.43. The van der Waals surface area contributed by atoms with E-state index < -0.39 is 0 Å². The van der Waals surface area contributed by atoms with Crippen LogP contribution < -0.4 is 0 Å². The van der Waals surface area contributed by atoms with Crippen LogP contribution in [-0.4, -0.2) is 5.16 Å². The van der Waals surface area contributed by atoms with E-state index in [-0.39, 0.29) is 0 Å². The number of aryl methyl sites for hydroxylation is 1. The van der Waals surface area contributed by atoms with Crippen LogP contribution in [-0.2, 0) is 6.42 Å². The Morgan fingerprint density at radius 3 is 2.32 bits per heavy atom. The predicted octanol–water partition coefficient (Wildman–Crippen LogP) is 4.57. The lowest BCUT2D eigenvalue weighted by Gasteiger charge is -1.97. The van der Waals surface area contributed by atoms with Crippen LogP contribution in [0.4, 0.5) is 0 Å². The summed E-state index contributed by atoms with van der Waals surface area (Å²) in [5.41, 5.74) is 4.33. The van der Waals surface area contributed by atoms with Gasteiger partial charge in [-0.05, 0) is 12.0 Å². The molecular formula is C17H15NO. The van der Waals surface area contributed by atoms with Gasteiger partial charge in [0.15, 0.2) is 5.76 Å². The maximum atomic E-state index is 5.43. The Hall–Kier alpha value is -2.35. The molecule has 1 aromatic heterocycles. The van der Waals surface area contributed by atoms with Crippen molar-refractivity contribution in [2.24, 2.45) is 0 Å². The van der Waals surface area contributed by atoms with Crippen LogP contribution in [0, 0.1) is 0 Å². The summed E-state index contributed by atoms with van der Waals surface area (Å²) in [4.78, 5) is 0. The molecule has 0 aliphatic carbocycles. The molecule has 0 radical (unpaired) electrons. The highest BCUT2D eigenvalue weighted by molar-refractivity contribution is 5.66. The third-order valence-electron chi connectivity index (χ3n) is 3.23. The van der Waals surface area contributed by atoms with Gasteiger partial charge in [0, 0.05) is 17.2 Å². The SMILES string of the molecule is CCc1ccc(-c2cc(-c3ccccc3)no2)cc1. The quantitative estimate of drug-likeness (QED) is 0.679. The van der Waals surface area contributed by atoms with Crippen molar-refractivity contribution in [1.29, 1.82) is 0 Å². The van der Waals surface area contributed by atoms with Crippen molar-refractivity contribution < 1.29 is 4.52 Å². The molecule has 0 unspecified atom stereocenters. The molecule has 0 amide bonds. The van der Waals surface area contributed by atoms with Crippen molar-refractivity contribution in [2.45, 2.75) is 13.3 Å². The highest BCUT2D eigenvalue weighted by atomic mass is 16.5. The lowest BCUT2D eigenvalue weighted by molar-refractivity contribution is 0.435. The Balaban J connectivity index is 1.92. The molecule has 0 N–H and O–H groups in total. The van der Waals surface area contributed by atoms with Gasteiger partial charge in [-0.1, -0.05) is 66.7 Å². The smallest absolute Gasteiger partial charge is 0.167 e. The van der Waals surface area contributed by atoms with Crippen LogP contribution in [0.25, 0.3) is 22.6 Å². The van der Waals surface area contributed by atoms with Gasteiger partial charge in [-0.25, -0.2) is 0 Å². The van der Waals surface area contributed by atoms with Crippen molar-refractivity contribution in [3.63, 3.8) is 0 Å². The summed E-state index contributed by atoms with van der Waals surface area (Å²) in [5, 5.41) is 4.13. The molecule has 1 heterocycles. The molecule has 19 heavy (non-hydrogen) atoms. The minimum atomic E-state index is 0.807. The van der Waals surface area contributed by atoms with E-state index >= 15 is 0 Å². The zero-order chi connectivity index (χ0) is 13.1. The van der Waals surface area contributed by atoms with Gasteiger partial charge in [0.1, 0.15) is 5.69 Å². The lowest BCUT2D eigenvalue weighted by atomic mass is 10.1. The van der Waals surface area contributed by atoms with Crippen LogP contribution >= 0.6 is 0 Å². The van der Waals surface area contributed by atoms with Gasteiger partial charge in [-0.3, -0.25) is 0 Å². The first-order valence-corrected chi connectivity index (χ1v) is 6.48. The van der Waals surface area contributed by atoms with E-state index in [9.17, 15) is 0 Å². The molecule has 3 rings (SSSR count). The molecule has 2 aromatic carbocycles. The van der Waals surface area contributed by atoms with E-state index in [1.54, 1.807) is 0 Å². The van der Waals surface area contributed by atoms with Gasteiger partial charge < -0.3 is 4.52 Å². The average Bonchev–Trinajstić information content (AvgIpc) is 2.98. The van der Waals surface area contributed by atoms with E-state index in [0.29, 0.717) is 0 Å². The van der Waals surface area contributed by atoms with Gasteiger partial charge in [0.25, 0.3) is 0 Å². The van der Waals surface area contributed by atoms with Crippen molar-refractivity contribution in [2.75, 3.05) is 0 Å². The van der Waals surface area contributed by atoms with Gasteiger partial charge in [0.05, 0.1) is 0 Å². The third kappa shape index (κ3) is 2.43. The Bertz CT molecular complexity index is 653. The van der Waals surface area contributed by atoms with E-state index in [4.69, 9.17) is 4.52 Å². The predicted molar refractivity (Wildman–Crippen MR) is 76.8 cm³/mol. The Kier molecular flexibility index (Phi) is 3.15. The first-order valence-electron chi connectivity index (χ1n) is 6.48. The van der Waals surface area contributed by atoms with E-state index in [1.165, 1.54) is 5.56 Å². The molecule has 0 aliphatic rings. The Morgan fingerprint density at radius 1 is 0.895 bits per heavy atom. The molecular weight excluding hydrogens is 234 g/mol. The summed E-state index contributed by atoms with van der Waals surface area (Å²) >= 11 is 0. The second-order valence-corrected chi connectivity index (χ2v) is 4.49. The number of nitrogens with zero attached hydrogens (tertiary/aromatic N) is 1. The minimum Gasteiger partial charge on any atom is -0.356 e. The van der Waals surface area contributed by atoms with Crippen molar-refractivity contribution >= 4 is 0 Å². The lowest BCUT2D eigenvalue weighted by Crippen LogP contribution is -1.79. The largest absolute Gasteiger partial charge is 0.356 e. The first-order chi connectivity index (χ1) is 9.36. The molecule has 0 bridgehead atoms. The molecule has 0 saturated carbocycles. The fraction of sp³-hybridized carbons (Fsp3) is 0.118. The van der Waals surface area contributed by atoms with E-state index in [1.807, 2.05) is 36.4 Å². The van der Waals surface area contributed by atoms with Gasteiger partial charge >= 0.3 is 0 Å². The number of benzene rings is 2. The molecule has 3 aromatic rings. The van der Waals surface area contributed by atoms with Gasteiger partial charge in [0.2, 0.25) is 0 Å². The van der Waals surface area contributed by atoms with Gasteiger partial charge in [-0.2, -0.15) is 0 Å². The zero-order valence-electron chi connectivity index (χ0n) is 10.8. The number of rotatable bonds is 3. The maximum absolute atomic E-state index is 5.43. The van der Waals surface area contributed by atoms with Crippen molar-refractivity contribution in [1.82, 2.24) is 5.16 Å². The summed E-state index contributed by atoms with van der Waals surface area (Å²) in [6, 6.07) is 20.4. The second-order valence-electron chi connectivity index (χ2n) is 4.49. The topological polar surface area (TPSA) is 26.0 Å². The Morgan fingerprint density at radius 2 is 1.63 bits per heavy atom. The third-order valence-corrected chi connectivity index (χ3v) is 3.23. The first kappa shape index (κ1) is 11.7. The molecule has 0 fully saturated rings. The van der Waals surface area contributed by atoms with Gasteiger partial charge in [-0.15, -0.1) is 0 Å². The van der Waals surface area contributed by atoms with Crippen LogP contribution in [0.5, 0.6) is 0 Å². The summed E-state index contributed by atoms with van der Waals surface area (Å²) in [6.45, 7) is 2.15. The van der Waals surface area contributed by atoms with Crippen LogP contribution in [0.2, 0.25) is 0 Å². The molecule has 0 atom stereocenters. The fourth-order valence-corrected chi connectivity index (χ4v) is 2.06. The summed E-state index contributed by atoms with van der Waals surface area (Å²) in [6.07, 6.45) is 1.05. The molecule has 94 valence electrons. The highest BCUT2D eigenvalue weighted by Gasteiger charge is 2.07. The number of hydrogen-bond acceptors (Lipinski definition) is 2. The minimum absolute atomic E-state index is 0.807. The Labute approximate surface area is 112 Å². The average molecular weight is 249 g/mol. The molecule has 0 saturated heterocycles. The monoisotopic (exact) mass is 249 g/mol. The fourth-order valence-electron chi connectivity index (χ4n) is 2.06. The van der Waals surface area contributed by atoms with Crippen LogP contribution in [0.3, 0.4) is 0 Å². The summed E-state index contributed by atoms with van der Waals surface area (Å²) in [5.74, 6) is 0.807. The van der Waals surface area contributed by atoms with E-state index in [0.717, 1.165) is 29.0 Å². The standard InChI is InChI=1S/C17H15NO/c1-2-13-8-10-15(11-9-13)17-12-16(18-19-17)14-6-4-3-5-7-14/h3-12H,2H2,1H3. The molecule has 2 nitrogen and oxygen atoms in total. The second kappa shape index (κ2) is 5.11. The summed E-state index contributed by atoms with van der Waals surface area (Å²) in [7, 11) is 0. The van der Waals surface area contributed by atoms with E-state index in [2.05, 4.69) is 36.3 Å². The normalized spacial score (nSPS) is 10.6. The van der Waals surface area contributed by atoms with Crippen LogP contribution in [0.1, 0.15) is 12.5 Å².